The van der Waals surface area contributed by atoms with Crippen molar-refractivity contribution in [2.24, 2.45) is 28.6 Å². The van der Waals surface area contributed by atoms with E-state index in [1.165, 1.54) is 6.08 Å². The van der Waals surface area contributed by atoms with Crippen LogP contribution in [0.4, 0.5) is 0 Å². The summed E-state index contributed by atoms with van der Waals surface area (Å²) < 4.78 is 0. The van der Waals surface area contributed by atoms with Crippen molar-refractivity contribution in [2.45, 2.75) is 121 Å². The predicted octanol–water partition coefficient (Wildman–Crippen LogP) is 0.825. The van der Waals surface area contributed by atoms with Gasteiger partial charge in [0.1, 0.15) is 0 Å². The number of hydrogen-bond donors (Lipinski definition) is 7. The third-order valence-electron chi connectivity index (χ3n) is 10.5. The molecule has 0 aromatic heterocycles. The van der Waals surface area contributed by atoms with Crippen LogP contribution < -0.4 is 0 Å². The molecule has 0 aromatic carbocycles. The Morgan fingerprint density at radius 1 is 1.06 bits per heavy atom. The number of fused-ring (bicyclic) bond motifs is 5. The van der Waals surface area contributed by atoms with Crippen LogP contribution in [0, 0.1) is 28.6 Å². The molecule has 8 heteroatoms. The Morgan fingerprint density at radius 3 is 2.29 bits per heavy atom. The monoisotopic (exact) mass is 496 g/mol. The number of ketones is 1. The van der Waals surface area contributed by atoms with Crippen molar-refractivity contribution in [1.29, 1.82) is 0 Å². The van der Waals surface area contributed by atoms with Gasteiger partial charge in [-0.3, -0.25) is 4.79 Å². The lowest BCUT2D eigenvalue weighted by molar-refractivity contribution is -0.197. The number of rotatable bonds is 5. The fraction of sp³-hybridized carbons (Fsp3) is 0.889. The van der Waals surface area contributed by atoms with E-state index in [1.807, 2.05) is 13.8 Å². The molecule has 35 heavy (non-hydrogen) atoms. The molecule has 4 rings (SSSR count). The van der Waals surface area contributed by atoms with Gasteiger partial charge in [-0.2, -0.15) is 0 Å². The number of aliphatic hydroxyl groups excluding tert-OH is 4. The van der Waals surface area contributed by atoms with Crippen LogP contribution in [0.3, 0.4) is 0 Å². The maximum Gasteiger partial charge on any atom is 0.159 e. The number of hydrogen-bond acceptors (Lipinski definition) is 8. The van der Waals surface area contributed by atoms with Gasteiger partial charge in [0.15, 0.2) is 5.78 Å². The molecule has 11 atom stereocenters. The van der Waals surface area contributed by atoms with Crippen LogP contribution in [0.1, 0.15) is 79.6 Å². The summed E-state index contributed by atoms with van der Waals surface area (Å²) in [5.41, 5.74) is -5.42. The van der Waals surface area contributed by atoms with Crippen LogP contribution in [0.15, 0.2) is 11.6 Å². The zero-order valence-electron chi connectivity index (χ0n) is 21.6. The molecule has 0 aromatic rings. The van der Waals surface area contributed by atoms with E-state index < -0.39 is 69.8 Å². The number of carbonyl (C=O) groups excluding carboxylic acids is 1. The third-order valence-corrected chi connectivity index (χ3v) is 10.5. The highest BCUT2D eigenvalue weighted by Gasteiger charge is 2.71. The summed E-state index contributed by atoms with van der Waals surface area (Å²) in [6.07, 6.45) is -1.08. The molecule has 3 fully saturated rings. The fourth-order valence-corrected chi connectivity index (χ4v) is 8.44. The quantitative estimate of drug-likeness (QED) is 0.295. The normalized spacial score (nSPS) is 48.3. The first-order valence-corrected chi connectivity index (χ1v) is 13.0. The zero-order valence-corrected chi connectivity index (χ0v) is 21.6. The van der Waals surface area contributed by atoms with Gasteiger partial charge in [-0.05, 0) is 88.7 Å². The minimum atomic E-state index is -1.59. The van der Waals surface area contributed by atoms with E-state index in [1.54, 1.807) is 20.8 Å². The van der Waals surface area contributed by atoms with Crippen molar-refractivity contribution in [1.82, 2.24) is 0 Å². The second-order valence-corrected chi connectivity index (χ2v) is 13.3. The lowest BCUT2D eigenvalue weighted by Gasteiger charge is -2.62. The van der Waals surface area contributed by atoms with Crippen LogP contribution >= 0.6 is 0 Å². The molecule has 0 heterocycles. The van der Waals surface area contributed by atoms with Gasteiger partial charge in [-0.25, -0.2) is 0 Å². The third kappa shape index (κ3) is 3.95. The van der Waals surface area contributed by atoms with E-state index in [9.17, 15) is 40.5 Å². The Balaban J connectivity index is 1.71. The van der Waals surface area contributed by atoms with Gasteiger partial charge in [0.2, 0.25) is 0 Å². The zero-order chi connectivity index (χ0) is 26.4. The summed E-state index contributed by atoms with van der Waals surface area (Å²) >= 11 is 0. The second-order valence-electron chi connectivity index (χ2n) is 13.3. The molecule has 200 valence electrons. The van der Waals surface area contributed by atoms with Crippen LogP contribution in [-0.2, 0) is 4.79 Å². The first-order chi connectivity index (χ1) is 15.9. The first kappa shape index (κ1) is 27.2. The Morgan fingerprint density at radius 2 is 1.69 bits per heavy atom. The molecule has 0 bridgehead atoms. The molecular weight excluding hydrogens is 452 g/mol. The molecule has 0 saturated heterocycles. The Labute approximate surface area is 207 Å². The maximum atomic E-state index is 13.3. The van der Waals surface area contributed by atoms with Gasteiger partial charge >= 0.3 is 0 Å². The largest absolute Gasteiger partial charge is 0.392 e. The highest BCUT2D eigenvalue weighted by molar-refractivity contribution is 5.95. The van der Waals surface area contributed by atoms with Crippen molar-refractivity contribution in [3.8, 4) is 0 Å². The molecule has 0 amide bonds. The van der Waals surface area contributed by atoms with Crippen molar-refractivity contribution in [3.63, 3.8) is 0 Å². The average Bonchev–Trinajstić information content (AvgIpc) is 2.99. The van der Waals surface area contributed by atoms with Crippen molar-refractivity contribution in [3.05, 3.63) is 11.6 Å². The number of carbonyl (C=O) groups is 1. The molecule has 4 aliphatic rings. The minimum Gasteiger partial charge on any atom is -0.392 e. The van der Waals surface area contributed by atoms with E-state index in [2.05, 4.69) is 0 Å². The summed E-state index contributed by atoms with van der Waals surface area (Å²) in [6.45, 7) is 8.52. The van der Waals surface area contributed by atoms with E-state index in [0.29, 0.717) is 12.0 Å². The molecule has 0 radical (unpaired) electrons. The Hall–Kier alpha value is -0.870. The number of aliphatic hydroxyl groups is 7. The minimum absolute atomic E-state index is 0.115. The summed E-state index contributed by atoms with van der Waals surface area (Å²) in [5.74, 6) is -1.89. The van der Waals surface area contributed by atoms with Gasteiger partial charge in [0, 0.05) is 17.3 Å². The van der Waals surface area contributed by atoms with E-state index >= 15 is 0 Å². The fourth-order valence-electron chi connectivity index (χ4n) is 8.44. The highest BCUT2D eigenvalue weighted by Crippen LogP contribution is 2.68. The van der Waals surface area contributed by atoms with Crippen molar-refractivity contribution in [2.75, 3.05) is 0 Å². The van der Waals surface area contributed by atoms with E-state index in [4.69, 9.17) is 0 Å². The molecule has 0 spiro atoms. The van der Waals surface area contributed by atoms with Gasteiger partial charge in [0.25, 0.3) is 0 Å². The van der Waals surface area contributed by atoms with Crippen molar-refractivity contribution < 1.29 is 40.5 Å². The maximum absolute atomic E-state index is 13.3. The molecule has 5 unspecified atom stereocenters. The van der Waals surface area contributed by atoms with Crippen LogP contribution in [0.25, 0.3) is 0 Å². The first-order valence-electron chi connectivity index (χ1n) is 13.0. The smallest absolute Gasteiger partial charge is 0.159 e. The van der Waals surface area contributed by atoms with Crippen LogP contribution in [0.2, 0.25) is 0 Å². The molecule has 0 aliphatic heterocycles. The van der Waals surface area contributed by atoms with Gasteiger partial charge in [-0.15, -0.1) is 0 Å². The summed E-state index contributed by atoms with van der Waals surface area (Å²) in [5, 5.41) is 77.0. The topological polar surface area (TPSA) is 159 Å². The standard InChI is InChI=1S/C27H44O8/c1-23(2,33)8-7-21(32)26(5,34)20-6-9-27(35)15-11-16(28)14-10-17(29)18(30)12-24(14,3)22(15)19(31)13-25(20,27)4/h11,14,17-22,29-35H,6-10,12-13H2,1-5H3/t14?,17?,18?,19?,20-,21?,22+,24-,25+,26+,27+/m0/s1. The lowest BCUT2D eigenvalue weighted by Crippen LogP contribution is -2.66. The van der Waals surface area contributed by atoms with Gasteiger partial charge in [-0.1, -0.05) is 13.8 Å². The Bertz CT molecular complexity index is 892. The Kier molecular flexibility index (Phi) is 6.46. The molecule has 3 saturated carbocycles. The summed E-state index contributed by atoms with van der Waals surface area (Å²) in [6, 6.07) is 0. The molecule has 7 N–H and O–H groups in total. The highest BCUT2D eigenvalue weighted by atomic mass is 16.3. The molecule has 8 nitrogen and oxygen atoms in total. The van der Waals surface area contributed by atoms with E-state index in [0.717, 1.165) is 0 Å². The summed E-state index contributed by atoms with van der Waals surface area (Å²) in [7, 11) is 0. The van der Waals surface area contributed by atoms with Crippen LogP contribution in [0.5, 0.6) is 0 Å². The van der Waals surface area contributed by atoms with Crippen LogP contribution in [-0.4, -0.2) is 82.7 Å². The SMILES string of the molecule is CC(C)(O)CCC(O)[C@](C)(O)[C@H]1CC[C@@]2(O)C3=CC(=O)C4CC(O)C(O)C[C@]4(C)[C@H]3C(O)C[C@]12C. The summed E-state index contributed by atoms with van der Waals surface area (Å²) in [4.78, 5) is 13.3. The van der Waals surface area contributed by atoms with Crippen molar-refractivity contribution >= 4 is 5.78 Å². The number of allylic oxidation sites excluding steroid dienone is 1. The van der Waals surface area contributed by atoms with Gasteiger partial charge in [0.05, 0.1) is 41.2 Å². The second kappa shape index (κ2) is 8.32. The van der Waals surface area contributed by atoms with E-state index in [-0.39, 0.29) is 44.3 Å². The molecule has 4 aliphatic carbocycles. The lowest BCUT2D eigenvalue weighted by atomic mass is 9.45. The average molecular weight is 497 g/mol. The van der Waals surface area contributed by atoms with Gasteiger partial charge < -0.3 is 35.7 Å². The predicted molar refractivity (Wildman–Crippen MR) is 128 cm³/mol. The molecular formula is C27H44O8.